The molecule has 0 saturated heterocycles. The van der Waals surface area contributed by atoms with Crippen LogP contribution in [0.25, 0.3) is 32.4 Å². The largest absolute Gasteiger partial charge is 0.508 e. The second-order valence-corrected chi connectivity index (χ2v) is 31.0. The summed E-state index contributed by atoms with van der Waals surface area (Å²) in [5.41, 5.74) is 20.3. The lowest BCUT2D eigenvalue weighted by Crippen LogP contribution is -2.58. The van der Waals surface area contributed by atoms with Crippen molar-refractivity contribution in [2.24, 2.45) is 17.4 Å². The molecule has 0 fully saturated rings. The number of benzene rings is 6. The molecule has 28 heteroatoms. The number of allylic oxidation sites excluding steroid dienone is 6. The van der Waals surface area contributed by atoms with Gasteiger partial charge in [-0.05, 0) is 139 Å². The Morgan fingerprint density at radius 1 is 0.552 bits per heavy atom. The molecule has 618 valence electrons. The second kappa shape index (κ2) is 42.5. The Bertz CT molecular complexity index is 4770. The number of nitrogens with one attached hydrogen (secondary N) is 13. The van der Waals surface area contributed by atoms with Gasteiger partial charge in [0.2, 0.25) is 52.9 Å². The van der Waals surface area contributed by atoms with Crippen LogP contribution in [0.15, 0.2) is 164 Å². The van der Waals surface area contributed by atoms with E-state index in [1.807, 2.05) is 38.1 Å². The van der Waals surface area contributed by atoms with Gasteiger partial charge in [-0.2, -0.15) is 4.58 Å². The number of phenols is 1. The first-order valence-corrected chi connectivity index (χ1v) is 40.0. The van der Waals surface area contributed by atoms with Crippen LogP contribution in [0.3, 0.4) is 0 Å². The van der Waals surface area contributed by atoms with E-state index in [0.29, 0.717) is 18.5 Å². The van der Waals surface area contributed by atoms with Crippen molar-refractivity contribution < 1.29 is 57.5 Å². The Labute approximate surface area is 678 Å². The van der Waals surface area contributed by atoms with Gasteiger partial charge in [-0.1, -0.05) is 131 Å². The number of aromatic hydroxyl groups is 1. The fourth-order valence-electron chi connectivity index (χ4n) is 15.3. The third-order valence-electron chi connectivity index (χ3n) is 21.0. The van der Waals surface area contributed by atoms with Gasteiger partial charge in [0.05, 0.1) is 38.4 Å². The number of ether oxygens (including phenoxy) is 2. The van der Waals surface area contributed by atoms with E-state index in [2.05, 4.69) is 206 Å². The smallest absolute Gasteiger partial charge is 0.243 e. The highest BCUT2D eigenvalue weighted by atomic mass is 16.5. The van der Waals surface area contributed by atoms with Gasteiger partial charge in [-0.3, -0.25) is 49.2 Å². The number of H-pyrrole nitrogens is 1. The summed E-state index contributed by atoms with van der Waals surface area (Å²) in [6.45, 7) is 16.0. The van der Waals surface area contributed by atoms with Crippen LogP contribution < -0.4 is 69.5 Å². The maximum absolute atomic E-state index is 14.5. The number of carbonyl (C=O) groups excluding carboxylic acids is 8. The second-order valence-electron chi connectivity index (χ2n) is 31.0. The molecule has 0 bridgehead atoms. The van der Waals surface area contributed by atoms with Crippen molar-refractivity contribution in [3.05, 3.63) is 186 Å². The Hall–Kier alpha value is -11.9. The highest BCUT2D eigenvalue weighted by Crippen LogP contribution is 2.50. The molecule has 1 aromatic heterocycles. The maximum atomic E-state index is 14.5. The first-order chi connectivity index (χ1) is 55.6. The molecular weight excluding hydrogens is 1470 g/mol. The number of phenolic OH excluding ortho intramolecular Hbond substituents is 1. The molecule has 9 rings (SSSR count). The van der Waals surface area contributed by atoms with Gasteiger partial charge in [-0.25, -0.2) is 0 Å². The molecule has 28 nitrogen and oxygen atoms in total. The average molecular weight is 1590 g/mol. The third-order valence-corrected chi connectivity index (χ3v) is 21.0. The van der Waals surface area contributed by atoms with Crippen LogP contribution in [0.5, 0.6) is 5.75 Å². The zero-order chi connectivity index (χ0) is 83.5. The van der Waals surface area contributed by atoms with Crippen LogP contribution in [0.1, 0.15) is 129 Å². The van der Waals surface area contributed by atoms with Crippen molar-refractivity contribution in [2.45, 2.75) is 160 Å². The van der Waals surface area contributed by atoms with E-state index in [0.717, 1.165) is 42.3 Å². The van der Waals surface area contributed by atoms with E-state index in [1.165, 1.54) is 74.5 Å². The van der Waals surface area contributed by atoms with Crippen molar-refractivity contribution in [3.63, 3.8) is 0 Å². The van der Waals surface area contributed by atoms with Gasteiger partial charge in [0.15, 0.2) is 17.6 Å². The number of likely N-dealkylation sites (N-methyl/N-ethyl adjacent to an activating group) is 1. The number of unbranched alkanes of at least 4 members (excludes halogenated alkanes) is 2. The predicted octanol–water partition coefficient (Wildman–Crippen LogP) is 7.42. The first kappa shape index (κ1) is 88.0. The van der Waals surface area contributed by atoms with E-state index < -0.39 is 78.1 Å². The topological polar surface area (TPSA) is 417 Å². The van der Waals surface area contributed by atoms with Crippen molar-refractivity contribution in [2.75, 3.05) is 77.6 Å². The summed E-state index contributed by atoms with van der Waals surface area (Å²) in [4.78, 5) is 116. The third kappa shape index (κ3) is 24.6. The summed E-state index contributed by atoms with van der Waals surface area (Å²) in [7, 11) is 2.15. The number of hydrogen-bond acceptors (Lipinski definition) is 14. The first-order valence-electron chi connectivity index (χ1n) is 40.0. The summed E-state index contributed by atoms with van der Waals surface area (Å²) in [6.07, 6.45) is 16.1. The molecule has 0 aliphatic carbocycles. The van der Waals surface area contributed by atoms with Crippen LogP contribution in [0, 0.1) is 16.7 Å². The number of fused-ring (bicyclic) bond motifs is 7. The van der Waals surface area contributed by atoms with Crippen molar-refractivity contribution in [1.29, 1.82) is 10.8 Å². The van der Waals surface area contributed by atoms with Gasteiger partial charge < -0.3 is 89.1 Å². The lowest BCUT2D eigenvalue weighted by atomic mass is 9.79. The molecule has 7 aromatic rings. The monoisotopic (exact) mass is 1590 g/mol. The van der Waals surface area contributed by atoms with Gasteiger partial charge >= 0.3 is 0 Å². The van der Waals surface area contributed by atoms with Crippen molar-refractivity contribution >= 4 is 109 Å². The molecule has 18 N–H and O–H groups in total. The minimum absolute atomic E-state index is 0.0164. The highest BCUT2D eigenvalue weighted by Gasteiger charge is 2.46. The van der Waals surface area contributed by atoms with E-state index in [-0.39, 0.29) is 131 Å². The molecule has 0 radical (unpaired) electrons. The number of rotatable bonds is 44. The van der Waals surface area contributed by atoms with Crippen LogP contribution in [-0.2, 0) is 71.5 Å². The lowest BCUT2D eigenvalue weighted by molar-refractivity contribution is -0.438. The van der Waals surface area contributed by atoms with Crippen LogP contribution in [0.2, 0.25) is 0 Å². The summed E-state index contributed by atoms with van der Waals surface area (Å²) >= 11 is 0. The van der Waals surface area contributed by atoms with Crippen LogP contribution in [-0.4, -0.2) is 183 Å². The van der Waals surface area contributed by atoms with E-state index in [1.54, 1.807) is 18.3 Å². The molecule has 0 saturated carbocycles. The van der Waals surface area contributed by atoms with E-state index in [4.69, 9.17) is 31.8 Å². The zero-order valence-corrected chi connectivity index (χ0v) is 67.9. The number of hydrogen-bond donors (Lipinski definition) is 16. The normalized spacial score (nSPS) is 15.0. The standard InChI is InChI=1S/C88H115N17O11/c1-56(2)51-69(102-82(112)68(30-22-43-96-86(91)92)100-77(109)55-98-80(110)67(29-21-42-95-85(89)90)101-83(113)70(52-58-34-38-62(107)39-35-58)103-84(114)71(99-57(3)106)53-61-54-97-66-28-19-18-25-63(61)66)81(111)94-45-48-116-50-49-115-47-44-93-76(108)33-13-10-20-46-105-73-41-37-60-24-15-17-27-65(60)79(73)88(6,7)75(105)32-12-9-11-31-74-87(4,5)78-64-26-16-14-23-59(64)36-40-72(78)104(74)8/h9,11-12,14-19,23-28,31-32,34-41,54,56,67-71,97H,10,13,20-22,29-30,33,42-53,55H2,1-8H3,(H16-,89,90,91,92,93,94,95,96,98,99,100,101,102,103,106,107,108,109,110,111,112,113,114)/p+1. The number of guanidine groups is 2. The van der Waals surface area contributed by atoms with Crippen LogP contribution in [0.4, 0.5) is 11.4 Å². The number of aromatic nitrogens is 1. The average Bonchev–Trinajstić information content (AvgIpc) is 1.57. The zero-order valence-electron chi connectivity index (χ0n) is 67.9. The Morgan fingerprint density at radius 3 is 1.77 bits per heavy atom. The summed E-state index contributed by atoms with van der Waals surface area (Å²) in [6, 6.07) is 33.4. The molecule has 0 spiro atoms. The number of aromatic amines is 1. The fourth-order valence-corrected chi connectivity index (χ4v) is 15.3. The molecule has 5 unspecified atom stereocenters. The molecule has 3 heterocycles. The molecule has 116 heavy (non-hydrogen) atoms. The highest BCUT2D eigenvalue weighted by molar-refractivity contribution is 6.08. The van der Waals surface area contributed by atoms with Crippen molar-refractivity contribution in [1.82, 2.24) is 58.2 Å². The predicted molar refractivity (Wildman–Crippen MR) is 455 cm³/mol. The summed E-state index contributed by atoms with van der Waals surface area (Å²) < 4.78 is 13.9. The summed E-state index contributed by atoms with van der Waals surface area (Å²) in [5.74, 6) is -5.60. The lowest BCUT2D eigenvalue weighted by Gasteiger charge is -2.26. The number of para-hydroxylation sites is 1. The van der Waals surface area contributed by atoms with Gasteiger partial charge in [0.25, 0.3) is 0 Å². The SMILES string of the molecule is CC(=O)NC(Cc1c[nH]c2ccccc12)C(=O)NC(Cc1ccc(O)cc1)C(=O)NC(CCCNC(=N)N)C(=O)NCC(=O)NC(CCCNC(=N)N)C(=O)NC(CC(C)C)C(=O)NCCOCCOCCNC(=O)CCCCC[N+]1=C(C=CC=CC=C2N(C)c3ccc4ccccc4c3C2(C)C)C(C)(C)c2c1ccc1ccccc21. The molecule has 6 aromatic carbocycles. The fraction of sp³-hybridized carbons (Fsp3) is 0.420. The number of nitrogens with two attached hydrogens (primary N) is 2. The van der Waals surface area contributed by atoms with Gasteiger partial charge in [-0.15, -0.1) is 0 Å². The Kier molecular flexibility index (Phi) is 32.2. The van der Waals surface area contributed by atoms with E-state index in [9.17, 15) is 43.5 Å². The number of amides is 8. The number of carbonyl (C=O) groups is 8. The molecule has 5 atom stereocenters. The van der Waals surface area contributed by atoms with Gasteiger partial charge in [0, 0.05) is 117 Å². The van der Waals surface area contributed by atoms with Crippen molar-refractivity contribution in [3.8, 4) is 5.75 Å². The quantitative estimate of drug-likeness (QED) is 0.00580. The van der Waals surface area contributed by atoms with E-state index >= 15 is 0 Å². The number of anilines is 1. The number of nitrogens with zero attached hydrogens (tertiary/aromatic N) is 2. The maximum Gasteiger partial charge on any atom is 0.243 e. The summed E-state index contributed by atoms with van der Waals surface area (Å²) in [5, 5.41) is 58.4. The Balaban J connectivity index is 0.708. The van der Waals surface area contributed by atoms with Crippen LogP contribution >= 0.6 is 0 Å². The molecule has 8 amide bonds. The molecular formula is C88H116N17O11+. The molecule has 2 aliphatic heterocycles. The minimum atomic E-state index is -1.35. The Morgan fingerprint density at radius 2 is 1.12 bits per heavy atom. The van der Waals surface area contributed by atoms with Gasteiger partial charge in [0.1, 0.15) is 42.5 Å². The minimum Gasteiger partial charge on any atom is -0.508 e. The molecule has 2 aliphatic rings.